The fourth-order valence-corrected chi connectivity index (χ4v) is 8.70. The van der Waals surface area contributed by atoms with Crippen molar-refractivity contribution in [2.45, 2.75) is 9.79 Å². The first-order valence-corrected chi connectivity index (χ1v) is 16.6. The molecule has 0 atom stereocenters. The van der Waals surface area contributed by atoms with Crippen molar-refractivity contribution in [1.82, 2.24) is 4.57 Å². The Bertz CT molecular complexity index is 2650. The molecule has 0 spiro atoms. The number of fused-ring (bicyclic) bond motifs is 7. The zero-order chi connectivity index (χ0) is 30.2. The van der Waals surface area contributed by atoms with Gasteiger partial charge in [-0.25, -0.2) is 0 Å². The number of benzene rings is 8. The van der Waals surface area contributed by atoms with Crippen molar-refractivity contribution in [3.8, 4) is 39.1 Å². The lowest BCUT2D eigenvalue weighted by Gasteiger charge is -2.21. The van der Waals surface area contributed by atoms with Crippen LogP contribution >= 0.6 is 11.8 Å². The third-order valence-electron chi connectivity index (χ3n) is 9.58. The van der Waals surface area contributed by atoms with Crippen molar-refractivity contribution in [2.24, 2.45) is 0 Å². The van der Waals surface area contributed by atoms with Gasteiger partial charge < -0.3 is 4.57 Å². The standard InChI is InChI=1S/C44H27NS/c1-2-12-31(13-3-1)45-39-19-8-6-16-37(39)43-38(27-30-11-4-5-14-33(30)44(43)45)29-23-21-28(22-24-29)32-25-26-41-42-35(32)17-10-18-36(42)34-15-7-9-20-40(34)46-41/h1-27H. The molecule has 2 heteroatoms. The lowest BCUT2D eigenvalue weighted by atomic mass is 9.91. The normalized spacial score (nSPS) is 12.3. The minimum Gasteiger partial charge on any atom is -0.309 e. The maximum atomic E-state index is 2.44. The zero-order valence-corrected chi connectivity index (χ0v) is 25.8. The Morgan fingerprint density at radius 1 is 0.391 bits per heavy atom. The summed E-state index contributed by atoms with van der Waals surface area (Å²) in [7, 11) is 0. The van der Waals surface area contributed by atoms with E-state index in [1.807, 2.05) is 11.8 Å². The number of aromatic nitrogens is 1. The summed E-state index contributed by atoms with van der Waals surface area (Å²) in [4.78, 5) is 2.66. The van der Waals surface area contributed by atoms with Gasteiger partial charge in [-0.05, 0) is 80.6 Å². The lowest BCUT2D eigenvalue weighted by Crippen LogP contribution is -1.94. The summed E-state index contributed by atoms with van der Waals surface area (Å²) in [5.74, 6) is 0. The van der Waals surface area contributed by atoms with Gasteiger partial charge in [0.1, 0.15) is 0 Å². The summed E-state index contributed by atoms with van der Waals surface area (Å²) < 4.78 is 2.44. The highest BCUT2D eigenvalue weighted by atomic mass is 32.2. The molecule has 1 aliphatic rings. The van der Waals surface area contributed by atoms with Gasteiger partial charge in [0.15, 0.2) is 0 Å². The van der Waals surface area contributed by atoms with E-state index >= 15 is 0 Å². The van der Waals surface area contributed by atoms with E-state index in [0.29, 0.717) is 0 Å². The molecule has 0 saturated heterocycles. The minimum atomic E-state index is 1.18. The second kappa shape index (κ2) is 9.97. The molecule has 46 heavy (non-hydrogen) atoms. The number of hydrogen-bond acceptors (Lipinski definition) is 1. The van der Waals surface area contributed by atoms with Crippen LogP contribution in [0, 0.1) is 0 Å². The lowest BCUT2D eigenvalue weighted by molar-refractivity contribution is 1.19. The van der Waals surface area contributed by atoms with Crippen LogP contribution in [0.2, 0.25) is 0 Å². The van der Waals surface area contributed by atoms with Crippen LogP contribution in [0.15, 0.2) is 174 Å². The molecular formula is C44H27NS. The Balaban J connectivity index is 1.19. The first-order chi connectivity index (χ1) is 22.8. The van der Waals surface area contributed by atoms with Crippen molar-refractivity contribution >= 4 is 55.1 Å². The molecule has 0 unspecified atom stereocenters. The number of rotatable bonds is 3. The van der Waals surface area contributed by atoms with Crippen LogP contribution in [0.25, 0.3) is 82.4 Å². The average molecular weight is 602 g/mol. The Morgan fingerprint density at radius 2 is 1.07 bits per heavy atom. The van der Waals surface area contributed by atoms with E-state index in [0.717, 1.165) is 0 Å². The molecular weight excluding hydrogens is 575 g/mol. The number of nitrogens with zero attached hydrogens (tertiary/aromatic N) is 1. The van der Waals surface area contributed by atoms with Crippen molar-refractivity contribution in [3.63, 3.8) is 0 Å². The summed E-state index contributed by atoms with van der Waals surface area (Å²) in [6.07, 6.45) is 0. The van der Waals surface area contributed by atoms with Crippen molar-refractivity contribution in [2.75, 3.05) is 0 Å². The van der Waals surface area contributed by atoms with Crippen LogP contribution < -0.4 is 0 Å². The van der Waals surface area contributed by atoms with Gasteiger partial charge in [-0.3, -0.25) is 0 Å². The smallest absolute Gasteiger partial charge is 0.0625 e. The van der Waals surface area contributed by atoms with Gasteiger partial charge in [-0.2, -0.15) is 0 Å². The van der Waals surface area contributed by atoms with E-state index in [9.17, 15) is 0 Å². The third kappa shape index (κ3) is 3.71. The predicted octanol–water partition coefficient (Wildman–Crippen LogP) is 12.6. The van der Waals surface area contributed by atoms with Crippen molar-refractivity contribution < 1.29 is 0 Å². The highest BCUT2D eigenvalue weighted by molar-refractivity contribution is 7.99. The SMILES string of the molecule is c1ccc(-n2c3ccccc3c3c(-c4ccc(-c5ccc6c7c(cccc57)-c5ccccc5S6)cc4)cc4ccccc4c32)cc1. The van der Waals surface area contributed by atoms with Gasteiger partial charge in [-0.15, -0.1) is 0 Å². The van der Waals surface area contributed by atoms with Gasteiger partial charge in [0.2, 0.25) is 0 Å². The second-order valence-electron chi connectivity index (χ2n) is 12.1. The Labute approximate surface area is 271 Å². The van der Waals surface area contributed by atoms with Gasteiger partial charge in [0.25, 0.3) is 0 Å². The maximum absolute atomic E-state index is 2.44. The molecule has 0 fully saturated rings. The van der Waals surface area contributed by atoms with E-state index < -0.39 is 0 Å². The number of hydrogen-bond donors (Lipinski definition) is 0. The Hall–Kier alpha value is -5.57. The van der Waals surface area contributed by atoms with Gasteiger partial charge in [-0.1, -0.05) is 139 Å². The van der Waals surface area contributed by atoms with Crippen LogP contribution in [0.3, 0.4) is 0 Å². The molecule has 1 nitrogen and oxygen atoms in total. The third-order valence-corrected chi connectivity index (χ3v) is 10.7. The summed E-state index contributed by atoms with van der Waals surface area (Å²) >= 11 is 1.88. The molecule has 0 radical (unpaired) electrons. The molecule has 9 aromatic rings. The molecule has 2 heterocycles. The first kappa shape index (κ1) is 25.7. The highest BCUT2D eigenvalue weighted by Crippen LogP contribution is 2.50. The highest BCUT2D eigenvalue weighted by Gasteiger charge is 2.21. The van der Waals surface area contributed by atoms with E-state index in [-0.39, 0.29) is 0 Å². The van der Waals surface area contributed by atoms with Crippen LogP contribution in [-0.4, -0.2) is 4.57 Å². The fourth-order valence-electron chi connectivity index (χ4n) is 7.57. The average Bonchev–Trinajstić information content (AvgIpc) is 3.48. The van der Waals surface area contributed by atoms with Gasteiger partial charge in [0.05, 0.1) is 11.0 Å². The number of para-hydroxylation sites is 2. The molecule has 1 aliphatic heterocycles. The molecule has 0 saturated carbocycles. The summed E-state index contributed by atoms with van der Waals surface area (Å²) in [5.41, 5.74) is 11.3. The Morgan fingerprint density at radius 3 is 1.93 bits per heavy atom. The van der Waals surface area contributed by atoms with Crippen LogP contribution in [0.1, 0.15) is 0 Å². The predicted molar refractivity (Wildman–Crippen MR) is 196 cm³/mol. The monoisotopic (exact) mass is 601 g/mol. The molecule has 10 rings (SSSR count). The van der Waals surface area contributed by atoms with Gasteiger partial charge in [0, 0.05) is 37.0 Å². The first-order valence-electron chi connectivity index (χ1n) is 15.8. The molecule has 0 N–H and O–H groups in total. The summed E-state index contributed by atoms with van der Waals surface area (Å²) in [5, 5.41) is 7.74. The Kier molecular flexibility index (Phi) is 5.58. The van der Waals surface area contributed by atoms with Crippen molar-refractivity contribution in [3.05, 3.63) is 164 Å². The quantitative estimate of drug-likeness (QED) is 0.195. The molecule has 1 aromatic heterocycles. The van der Waals surface area contributed by atoms with Crippen LogP contribution in [0.5, 0.6) is 0 Å². The van der Waals surface area contributed by atoms with Crippen LogP contribution in [0.4, 0.5) is 0 Å². The van der Waals surface area contributed by atoms with E-state index in [1.165, 1.54) is 92.2 Å². The molecule has 8 aromatic carbocycles. The second-order valence-corrected chi connectivity index (χ2v) is 13.2. The molecule has 0 aliphatic carbocycles. The summed E-state index contributed by atoms with van der Waals surface area (Å²) in [6.45, 7) is 0. The maximum Gasteiger partial charge on any atom is 0.0625 e. The van der Waals surface area contributed by atoms with E-state index in [2.05, 4.69) is 168 Å². The molecule has 0 amide bonds. The minimum absolute atomic E-state index is 1.18. The van der Waals surface area contributed by atoms with E-state index in [4.69, 9.17) is 0 Å². The fraction of sp³-hybridized carbons (Fsp3) is 0. The molecule has 214 valence electrons. The zero-order valence-electron chi connectivity index (χ0n) is 24.9. The summed E-state index contributed by atoms with van der Waals surface area (Å²) in [6, 6.07) is 60.1. The largest absolute Gasteiger partial charge is 0.309 e. The van der Waals surface area contributed by atoms with Crippen LogP contribution in [-0.2, 0) is 0 Å². The van der Waals surface area contributed by atoms with E-state index in [1.54, 1.807) is 0 Å². The van der Waals surface area contributed by atoms with Gasteiger partial charge >= 0.3 is 0 Å². The topological polar surface area (TPSA) is 4.93 Å². The van der Waals surface area contributed by atoms with Crippen molar-refractivity contribution in [1.29, 1.82) is 0 Å². The molecule has 0 bridgehead atoms.